The summed E-state index contributed by atoms with van der Waals surface area (Å²) < 4.78 is 0. The molecule has 2 aromatic rings. The van der Waals surface area contributed by atoms with Crippen LogP contribution in [0, 0.1) is 0 Å². The van der Waals surface area contributed by atoms with Gasteiger partial charge in [-0.2, -0.15) is 11.8 Å². The van der Waals surface area contributed by atoms with Crippen LogP contribution in [0.25, 0.3) is 0 Å². The minimum absolute atomic E-state index is 0.0793. The summed E-state index contributed by atoms with van der Waals surface area (Å²) in [6.45, 7) is 5.37. The SMILES string of the molecule is CC(Nc1ccc(CCN2CCSCC2)cc1)C(=O)Nc1ccc(Cl)cc1. The van der Waals surface area contributed by atoms with Crippen molar-refractivity contribution in [3.05, 3.63) is 59.1 Å². The third-order valence-corrected chi connectivity index (χ3v) is 5.86. The van der Waals surface area contributed by atoms with E-state index in [2.05, 4.69) is 27.7 Å². The molecule has 1 atom stereocenters. The second-order valence-corrected chi connectivity index (χ2v) is 8.42. The van der Waals surface area contributed by atoms with Crippen LogP contribution in [-0.4, -0.2) is 48.0 Å². The number of hydrogen-bond acceptors (Lipinski definition) is 4. The average molecular weight is 404 g/mol. The van der Waals surface area contributed by atoms with Crippen LogP contribution in [-0.2, 0) is 11.2 Å². The van der Waals surface area contributed by atoms with Gasteiger partial charge in [0, 0.05) is 47.5 Å². The summed E-state index contributed by atoms with van der Waals surface area (Å²) in [5.41, 5.74) is 3.02. The second-order valence-electron chi connectivity index (χ2n) is 6.76. The van der Waals surface area contributed by atoms with Crippen LogP contribution in [0.1, 0.15) is 12.5 Å². The Balaban J connectivity index is 1.46. The molecule has 3 rings (SSSR count). The molecule has 2 aromatic carbocycles. The molecule has 1 amide bonds. The maximum atomic E-state index is 12.3. The highest BCUT2D eigenvalue weighted by molar-refractivity contribution is 7.99. The molecule has 1 fully saturated rings. The van der Waals surface area contributed by atoms with Crippen molar-refractivity contribution in [1.29, 1.82) is 0 Å². The number of carbonyl (C=O) groups is 1. The van der Waals surface area contributed by atoms with Crippen LogP contribution in [0.15, 0.2) is 48.5 Å². The Morgan fingerprint density at radius 1 is 1.07 bits per heavy atom. The number of thioether (sulfide) groups is 1. The summed E-state index contributed by atoms with van der Waals surface area (Å²) in [7, 11) is 0. The van der Waals surface area contributed by atoms with Gasteiger partial charge in [0.2, 0.25) is 5.91 Å². The van der Waals surface area contributed by atoms with Crippen molar-refractivity contribution in [2.75, 3.05) is 41.8 Å². The summed E-state index contributed by atoms with van der Waals surface area (Å²) in [5, 5.41) is 6.80. The molecular weight excluding hydrogens is 378 g/mol. The molecule has 1 aliphatic rings. The Hall–Kier alpha value is -1.69. The first-order chi connectivity index (χ1) is 13.1. The van der Waals surface area contributed by atoms with Crippen molar-refractivity contribution >= 4 is 40.6 Å². The summed E-state index contributed by atoms with van der Waals surface area (Å²) in [6.07, 6.45) is 1.07. The Kier molecular flexibility index (Phi) is 7.44. The van der Waals surface area contributed by atoms with E-state index >= 15 is 0 Å². The van der Waals surface area contributed by atoms with E-state index in [0.717, 1.165) is 24.3 Å². The van der Waals surface area contributed by atoms with Crippen LogP contribution in [0.2, 0.25) is 5.02 Å². The predicted octanol–water partition coefficient (Wildman–Crippen LogP) is 4.37. The lowest BCUT2D eigenvalue weighted by molar-refractivity contribution is -0.116. The quantitative estimate of drug-likeness (QED) is 0.720. The van der Waals surface area contributed by atoms with Gasteiger partial charge in [0.05, 0.1) is 0 Å². The first-order valence-corrected chi connectivity index (χ1v) is 10.9. The van der Waals surface area contributed by atoms with Gasteiger partial charge in [0.15, 0.2) is 0 Å². The number of benzene rings is 2. The van der Waals surface area contributed by atoms with Crippen LogP contribution in [0.4, 0.5) is 11.4 Å². The van der Waals surface area contributed by atoms with E-state index in [-0.39, 0.29) is 11.9 Å². The maximum absolute atomic E-state index is 12.3. The smallest absolute Gasteiger partial charge is 0.246 e. The van der Waals surface area contributed by atoms with Crippen LogP contribution >= 0.6 is 23.4 Å². The molecule has 144 valence electrons. The Labute approximate surface area is 170 Å². The zero-order chi connectivity index (χ0) is 19.1. The number of nitrogens with one attached hydrogen (secondary N) is 2. The number of nitrogens with zero attached hydrogens (tertiary/aromatic N) is 1. The van der Waals surface area contributed by atoms with Crippen LogP contribution in [0.5, 0.6) is 0 Å². The van der Waals surface area contributed by atoms with E-state index in [1.54, 1.807) is 24.3 Å². The molecule has 6 heteroatoms. The monoisotopic (exact) mass is 403 g/mol. The van der Waals surface area contributed by atoms with Gasteiger partial charge >= 0.3 is 0 Å². The van der Waals surface area contributed by atoms with Crippen LogP contribution in [0.3, 0.4) is 0 Å². The third kappa shape index (κ3) is 6.45. The molecule has 1 unspecified atom stereocenters. The highest BCUT2D eigenvalue weighted by Gasteiger charge is 2.13. The van der Waals surface area contributed by atoms with Crippen molar-refractivity contribution in [1.82, 2.24) is 4.90 Å². The fraction of sp³-hybridized carbons (Fsp3) is 0.381. The van der Waals surface area contributed by atoms with Crippen molar-refractivity contribution < 1.29 is 4.79 Å². The molecule has 1 saturated heterocycles. The highest BCUT2D eigenvalue weighted by Crippen LogP contribution is 2.16. The Bertz CT molecular complexity index is 730. The van der Waals surface area contributed by atoms with E-state index in [1.807, 2.05) is 30.8 Å². The van der Waals surface area contributed by atoms with Gasteiger partial charge in [-0.15, -0.1) is 0 Å². The number of hydrogen-bond donors (Lipinski definition) is 2. The van der Waals surface area contributed by atoms with E-state index in [9.17, 15) is 4.79 Å². The lowest BCUT2D eigenvalue weighted by Crippen LogP contribution is -2.34. The molecule has 1 aliphatic heterocycles. The number of amides is 1. The van der Waals surface area contributed by atoms with Crippen molar-refractivity contribution in [3.63, 3.8) is 0 Å². The summed E-state index contributed by atoms with van der Waals surface area (Å²) in [4.78, 5) is 14.9. The molecule has 1 heterocycles. The highest BCUT2D eigenvalue weighted by atomic mass is 35.5. The zero-order valence-corrected chi connectivity index (χ0v) is 17.2. The maximum Gasteiger partial charge on any atom is 0.246 e. The van der Waals surface area contributed by atoms with Crippen molar-refractivity contribution in [2.45, 2.75) is 19.4 Å². The van der Waals surface area contributed by atoms with Gasteiger partial charge in [-0.1, -0.05) is 23.7 Å². The predicted molar refractivity (Wildman–Crippen MR) is 117 cm³/mol. The van der Waals surface area contributed by atoms with Crippen molar-refractivity contribution in [3.8, 4) is 0 Å². The second kappa shape index (κ2) is 10.0. The van der Waals surface area contributed by atoms with Gasteiger partial charge in [-0.3, -0.25) is 4.79 Å². The van der Waals surface area contributed by atoms with E-state index in [4.69, 9.17) is 11.6 Å². The number of halogens is 1. The summed E-state index contributed by atoms with van der Waals surface area (Å²) in [5.74, 6) is 2.42. The summed E-state index contributed by atoms with van der Waals surface area (Å²) >= 11 is 7.91. The minimum atomic E-state index is -0.336. The number of carbonyl (C=O) groups excluding carboxylic acids is 1. The van der Waals surface area contributed by atoms with E-state index < -0.39 is 0 Å². The molecule has 0 aromatic heterocycles. The minimum Gasteiger partial charge on any atom is -0.374 e. The van der Waals surface area contributed by atoms with Gasteiger partial charge < -0.3 is 15.5 Å². The summed E-state index contributed by atoms with van der Waals surface area (Å²) in [6, 6.07) is 15.2. The lowest BCUT2D eigenvalue weighted by atomic mass is 10.1. The molecule has 0 radical (unpaired) electrons. The normalized spacial score (nSPS) is 15.9. The molecule has 4 nitrogen and oxygen atoms in total. The molecule has 0 spiro atoms. The Morgan fingerprint density at radius 2 is 1.70 bits per heavy atom. The van der Waals surface area contributed by atoms with Gasteiger partial charge in [-0.05, 0) is 55.3 Å². The zero-order valence-electron chi connectivity index (χ0n) is 15.6. The lowest BCUT2D eigenvalue weighted by Gasteiger charge is -2.26. The third-order valence-electron chi connectivity index (χ3n) is 4.66. The van der Waals surface area contributed by atoms with E-state index in [0.29, 0.717) is 5.02 Å². The van der Waals surface area contributed by atoms with Gasteiger partial charge in [0.1, 0.15) is 6.04 Å². The van der Waals surface area contributed by atoms with E-state index in [1.165, 1.54) is 30.2 Å². The van der Waals surface area contributed by atoms with Crippen molar-refractivity contribution in [2.24, 2.45) is 0 Å². The largest absolute Gasteiger partial charge is 0.374 e. The average Bonchev–Trinajstić information content (AvgIpc) is 2.70. The fourth-order valence-corrected chi connectivity index (χ4v) is 4.08. The Morgan fingerprint density at radius 3 is 2.37 bits per heavy atom. The molecule has 0 bridgehead atoms. The fourth-order valence-electron chi connectivity index (χ4n) is 2.98. The van der Waals surface area contributed by atoms with Crippen LogP contribution < -0.4 is 10.6 Å². The standard InChI is InChI=1S/C21H26ClN3OS/c1-16(21(26)24-20-8-4-18(22)5-9-20)23-19-6-2-17(3-7-19)10-11-25-12-14-27-15-13-25/h2-9,16,23H,10-15H2,1H3,(H,24,26). The molecule has 27 heavy (non-hydrogen) atoms. The first kappa shape index (κ1) is 20.1. The topological polar surface area (TPSA) is 44.4 Å². The van der Waals surface area contributed by atoms with Gasteiger partial charge in [-0.25, -0.2) is 0 Å². The molecule has 2 N–H and O–H groups in total. The number of anilines is 2. The van der Waals surface area contributed by atoms with Gasteiger partial charge in [0.25, 0.3) is 0 Å². The number of rotatable bonds is 7. The molecule has 0 saturated carbocycles. The first-order valence-electron chi connectivity index (χ1n) is 9.32. The molecule has 0 aliphatic carbocycles. The molecular formula is C21H26ClN3OS.